The molecule has 0 heterocycles. The second kappa shape index (κ2) is 13.1. The van der Waals surface area contributed by atoms with Crippen LogP contribution in [0.3, 0.4) is 0 Å². The van der Waals surface area contributed by atoms with E-state index in [1.165, 1.54) is 0 Å². The van der Waals surface area contributed by atoms with Crippen LogP contribution in [-0.2, 0) is 6.61 Å². The van der Waals surface area contributed by atoms with Gasteiger partial charge in [-0.3, -0.25) is 0 Å². The van der Waals surface area contributed by atoms with E-state index in [4.69, 9.17) is 15.2 Å². The fourth-order valence-electron chi connectivity index (χ4n) is 2.39. The molecule has 2 N–H and O–H groups in total. The van der Waals surface area contributed by atoms with Crippen LogP contribution in [-0.4, -0.2) is 31.1 Å². The van der Waals surface area contributed by atoms with Gasteiger partial charge in [-0.1, -0.05) is 44.2 Å². The molecular weight excluding hydrogens is 439 g/mol. The van der Waals surface area contributed by atoms with Crippen LogP contribution in [0.4, 0.5) is 5.69 Å². The van der Waals surface area contributed by atoms with Gasteiger partial charge >= 0.3 is 0 Å². The van der Waals surface area contributed by atoms with Gasteiger partial charge in [0, 0.05) is 18.3 Å². The first kappa shape index (κ1) is 24.9. The van der Waals surface area contributed by atoms with Gasteiger partial charge in [0.25, 0.3) is 0 Å². The lowest BCUT2D eigenvalue weighted by molar-refractivity contribution is 0.210. The van der Waals surface area contributed by atoms with Gasteiger partial charge in [0.2, 0.25) is 0 Å². The minimum absolute atomic E-state index is 0. The van der Waals surface area contributed by atoms with Crippen LogP contribution >= 0.6 is 40.7 Å². The molecule has 2 rings (SSSR count). The molecule has 0 atom stereocenters. The van der Waals surface area contributed by atoms with Crippen molar-refractivity contribution >= 4 is 46.4 Å². The van der Waals surface area contributed by atoms with Gasteiger partial charge in [-0.05, 0) is 40.6 Å². The Bertz CT molecular complexity index is 641. The van der Waals surface area contributed by atoms with E-state index in [9.17, 15) is 0 Å². The van der Waals surface area contributed by atoms with Gasteiger partial charge in [-0.2, -0.15) is 0 Å². The molecule has 0 aromatic heterocycles. The van der Waals surface area contributed by atoms with Gasteiger partial charge < -0.3 is 20.1 Å². The summed E-state index contributed by atoms with van der Waals surface area (Å²) in [4.78, 5) is 2.32. The molecule has 0 radical (unpaired) electrons. The van der Waals surface area contributed by atoms with E-state index >= 15 is 0 Å². The van der Waals surface area contributed by atoms with Crippen LogP contribution in [0, 0.1) is 0 Å². The molecule has 0 aliphatic rings. The molecule has 0 aliphatic heterocycles. The van der Waals surface area contributed by atoms with Crippen LogP contribution in [0.2, 0.25) is 0 Å². The first-order chi connectivity index (χ1) is 11.6. The summed E-state index contributed by atoms with van der Waals surface area (Å²) in [6, 6.07) is 13.7. The third-order valence-electron chi connectivity index (χ3n) is 3.82. The average Bonchev–Trinajstić information content (AvgIpc) is 2.59. The lowest BCUT2D eigenvalue weighted by atomic mass is 10.2. The van der Waals surface area contributed by atoms with E-state index < -0.39 is 0 Å². The fraction of sp³-hybridized carbons (Fsp3) is 0.368. The minimum atomic E-state index is 0. The molecule has 0 saturated heterocycles. The number of nitrogens with zero attached hydrogens (tertiary/aromatic N) is 1. The zero-order valence-corrected chi connectivity index (χ0v) is 18.3. The van der Waals surface area contributed by atoms with Crippen LogP contribution < -0.4 is 15.2 Å². The molecule has 0 fully saturated rings. The number of nitrogen functional groups attached to an aromatic ring is 1. The predicted octanol–water partition coefficient (Wildman–Crippen LogP) is 5.17. The topological polar surface area (TPSA) is 47.7 Å². The SMILES string of the molecule is CCN(CC)CCOc1c(Br)cc(N)cc1OCc1ccccc1.Cl.Cl. The number of anilines is 1. The second-order valence-corrected chi connectivity index (χ2v) is 6.33. The van der Waals surface area contributed by atoms with Crippen molar-refractivity contribution in [2.24, 2.45) is 0 Å². The molecule has 0 amide bonds. The van der Waals surface area contributed by atoms with Crippen LogP contribution in [0.25, 0.3) is 0 Å². The van der Waals surface area contributed by atoms with Crippen LogP contribution in [0.1, 0.15) is 19.4 Å². The number of ether oxygens (including phenoxy) is 2. The molecule has 2 aromatic rings. The van der Waals surface area contributed by atoms with Crippen molar-refractivity contribution in [1.82, 2.24) is 4.90 Å². The average molecular weight is 466 g/mol. The highest BCUT2D eigenvalue weighted by Gasteiger charge is 2.12. The summed E-state index contributed by atoms with van der Waals surface area (Å²) in [7, 11) is 0. The van der Waals surface area contributed by atoms with Crippen molar-refractivity contribution < 1.29 is 9.47 Å². The predicted molar refractivity (Wildman–Crippen MR) is 117 cm³/mol. The minimum Gasteiger partial charge on any atom is -0.487 e. The lowest BCUT2D eigenvalue weighted by Gasteiger charge is -2.20. The zero-order valence-electron chi connectivity index (χ0n) is 15.1. The maximum Gasteiger partial charge on any atom is 0.175 e. The molecule has 0 unspecified atom stereocenters. The Labute approximate surface area is 177 Å². The number of hydrogen-bond donors (Lipinski definition) is 1. The fourth-order valence-corrected chi connectivity index (χ4v) is 2.96. The Kier molecular flexibility index (Phi) is 12.5. The van der Waals surface area contributed by atoms with E-state index in [0.717, 1.165) is 29.7 Å². The number of nitrogens with two attached hydrogens (primary N) is 1. The normalized spacial score (nSPS) is 10.0. The summed E-state index contributed by atoms with van der Waals surface area (Å²) in [5.41, 5.74) is 7.69. The highest BCUT2D eigenvalue weighted by Crippen LogP contribution is 2.38. The Morgan fingerprint density at radius 1 is 1.00 bits per heavy atom. The highest BCUT2D eigenvalue weighted by atomic mass is 79.9. The smallest absolute Gasteiger partial charge is 0.175 e. The zero-order chi connectivity index (χ0) is 17.4. The number of likely N-dealkylation sites (N-methyl/N-ethyl adjacent to an activating group) is 1. The molecule has 0 saturated carbocycles. The van der Waals surface area contributed by atoms with Gasteiger partial charge in [-0.25, -0.2) is 0 Å². The van der Waals surface area contributed by atoms with Gasteiger partial charge in [0.05, 0.1) is 4.47 Å². The first-order valence-electron chi connectivity index (χ1n) is 8.25. The van der Waals surface area contributed by atoms with Crippen LogP contribution in [0.5, 0.6) is 11.5 Å². The maximum absolute atomic E-state index is 5.98. The lowest BCUT2D eigenvalue weighted by Crippen LogP contribution is -2.28. The van der Waals surface area contributed by atoms with Crippen molar-refractivity contribution in [3.8, 4) is 11.5 Å². The third-order valence-corrected chi connectivity index (χ3v) is 4.41. The van der Waals surface area contributed by atoms with Gasteiger partial charge in [0.1, 0.15) is 13.2 Å². The molecule has 7 heteroatoms. The summed E-state index contributed by atoms with van der Waals surface area (Å²) in [6.07, 6.45) is 0. The van der Waals surface area contributed by atoms with E-state index in [2.05, 4.69) is 34.7 Å². The molecule has 0 bridgehead atoms. The highest BCUT2D eigenvalue weighted by molar-refractivity contribution is 9.10. The second-order valence-electron chi connectivity index (χ2n) is 5.48. The van der Waals surface area contributed by atoms with E-state index in [1.807, 2.05) is 36.4 Å². The summed E-state index contributed by atoms with van der Waals surface area (Å²) in [6.45, 7) is 8.28. The number of rotatable bonds is 9. The number of benzene rings is 2. The molecule has 26 heavy (non-hydrogen) atoms. The Morgan fingerprint density at radius 2 is 1.65 bits per heavy atom. The van der Waals surface area contributed by atoms with Gasteiger partial charge in [-0.15, -0.1) is 24.8 Å². The Morgan fingerprint density at radius 3 is 2.27 bits per heavy atom. The molecule has 2 aromatic carbocycles. The maximum atomic E-state index is 5.98. The Hall–Kier alpha value is -1.14. The largest absolute Gasteiger partial charge is 0.487 e. The van der Waals surface area contributed by atoms with Gasteiger partial charge in [0.15, 0.2) is 11.5 Å². The van der Waals surface area contributed by atoms with Crippen molar-refractivity contribution in [1.29, 1.82) is 0 Å². The quantitative estimate of drug-likeness (QED) is 0.518. The van der Waals surface area contributed by atoms with E-state index in [-0.39, 0.29) is 24.8 Å². The van der Waals surface area contributed by atoms with Crippen molar-refractivity contribution in [2.75, 3.05) is 32.0 Å². The summed E-state index contributed by atoms with van der Waals surface area (Å²) in [5.74, 6) is 1.36. The molecular formula is C19H27BrCl2N2O2. The number of halogens is 3. The van der Waals surface area contributed by atoms with Crippen molar-refractivity contribution in [3.05, 3.63) is 52.5 Å². The monoisotopic (exact) mass is 464 g/mol. The van der Waals surface area contributed by atoms with Crippen molar-refractivity contribution in [2.45, 2.75) is 20.5 Å². The van der Waals surface area contributed by atoms with Crippen molar-refractivity contribution in [3.63, 3.8) is 0 Å². The van der Waals surface area contributed by atoms with E-state index in [1.54, 1.807) is 6.07 Å². The summed E-state index contributed by atoms with van der Waals surface area (Å²) in [5, 5.41) is 0. The summed E-state index contributed by atoms with van der Waals surface area (Å²) < 4.78 is 12.7. The Balaban J connectivity index is 0.00000312. The molecule has 0 spiro atoms. The van der Waals surface area contributed by atoms with Crippen LogP contribution in [0.15, 0.2) is 46.9 Å². The molecule has 0 aliphatic carbocycles. The molecule has 146 valence electrons. The third kappa shape index (κ3) is 7.62. The summed E-state index contributed by atoms with van der Waals surface area (Å²) >= 11 is 3.53. The van der Waals surface area contributed by atoms with E-state index in [0.29, 0.717) is 30.4 Å². The standard InChI is InChI=1S/C19H25BrN2O2.2ClH/c1-3-22(4-2)10-11-23-19-17(20)12-16(21)13-18(19)24-14-15-8-6-5-7-9-15;;/h5-9,12-13H,3-4,10-11,14,21H2,1-2H3;2*1H. The molecule has 4 nitrogen and oxygen atoms in total. The first-order valence-corrected chi connectivity index (χ1v) is 9.04. The number of hydrogen-bond acceptors (Lipinski definition) is 4.